The lowest BCUT2D eigenvalue weighted by molar-refractivity contribution is 0.0428. The standard InChI is InChI=1S/C20H36N4O2.HI/c1-5-21-19(22-11-6-12-24-13-9-16(2)10-14-24)23-15-20(4,25)18-8-7-17(3)26-18;/h7-8,16,25H,5-6,9-15H2,1-4H3,(H2,21,22,23);1H. The molecule has 7 heteroatoms. The third kappa shape index (κ3) is 8.39. The Kier molecular flexibility index (Phi) is 10.7. The number of furan rings is 1. The number of halogens is 1. The smallest absolute Gasteiger partial charge is 0.191 e. The number of rotatable bonds is 8. The maximum atomic E-state index is 10.6. The van der Waals surface area contributed by atoms with E-state index in [9.17, 15) is 5.11 Å². The molecule has 2 rings (SSSR count). The van der Waals surface area contributed by atoms with E-state index < -0.39 is 5.60 Å². The highest BCUT2D eigenvalue weighted by atomic mass is 127. The molecule has 0 spiro atoms. The number of nitrogens with zero attached hydrogens (tertiary/aromatic N) is 2. The molecule has 0 amide bonds. The normalized spacial score (nSPS) is 18.6. The SMILES string of the molecule is CCNC(=NCC(C)(O)c1ccc(C)o1)NCCCN1CCC(C)CC1.I. The van der Waals surface area contributed by atoms with Gasteiger partial charge < -0.3 is 25.1 Å². The Labute approximate surface area is 181 Å². The number of guanidine groups is 1. The van der Waals surface area contributed by atoms with Crippen molar-refractivity contribution in [3.05, 3.63) is 23.7 Å². The van der Waals surface area contributed by atoms with Crippen LogP contribution in [0.1, 0.15) is 51.6 Å². The molecule has 0 aliphatic carbocycles. The Morgan fingerprint density at radius 1 is 1.33 bits per heavy atom. The van der Waals surface area contributed by atoms with Gasteiger partial charge >= 0.3 is 0 Å². The van der Waals surface area contributed by atoms with E-state index in [4.69, 9.17) is 4.42 Å². The van der Waals surface area contributed by atoms with Crippen molar-refractivity contribution >= 4 is 29.9 Å². The predicted octanol–water partition coefficient (Wildman–Crippen LogP) is 3.09. The molecule has 0 saturated carbocycles. The minimum Gasteiger partial charge on any atom is -0.463 e. The van der Waals surface area contributed by atoms with Gasteiger partial charge in [-0.05, 0) is 77.7 Å². The first-order valence-electron chi connectivity index (χ1n) is 9.94. The van der Waals surface area contributed by atoms with Gasteiger partial charge in [0, 0.05) is 13.1 Å². The largest absolute Gasteiger partial charge is 0.463 e. The van der Waals surface area contributed by atoms with Crippen molar-refractivity contribution in [1.29, 1.82) is 0 Å². The second-order valence-corrected chi connectivity index (χ2v) is 7.68. The van der Waals surface area contributed by atoms with E-state index in [1.807, 2.05) is 26.0 Å². The number of aliphatic hydroxyl groups is 1. The van der Waals surface area contributed by atoms with Crippen LogP contribution in [-0.2, 0) is 5.60 Å². The highest BCUT2D eigenvalue weighted by Gasteiger charge is 2.26. The molecular formula is C20H37IN4O2. The zero-order chi connectivity index (χ0) is 19.0. The van der Waals surface area contributed by atoms with Crippen LogP contribution in [0.2, 0.25) is 0 Å². The van der Waals surface area contributed by atoms with E-state index in [-0.39, 0.29) is 30.5 Å². The van der Waals surface area contributed by atoms with Gasteiger partial charge in [-0.15, -0.1) is 24.0 Å². The molecule has 2 heterocycles. The summed E-state index contributed by atoms with van der Waals surface area (Å²) in [4.78, 5) is 7.09. The lowest BCUT2D eigenvalue weighted by atomic mass is 9.99. The first-order valence-corrected chi connectivity index (χ1v) is 9.94. The molecule has 0 aromatic carbocycles. The van der Waals surface area contributed by atoms with Crippen molar-refractivity contribution in [3.63, 3.8) is 0 Å². The van der Waals surface area contributed by atoms with Crippen LogP contribution in [0.25, 0.3) is 0 Å². The second kappa shape index (κ2) is 11.9. The van der Waals surface area contributed by atoms with Gasteiger partial charge in [-0.25, -0.2) is 4.99 Å². The summed E-state index contributed by atoms with van der Waals surface area (Å²) in [5.74, 6) is 2.96. The Morgan fingerprint density at radius 2 is 2.04 bits per heavy atom. The summed E-state index contributed by atoms with van der Waals surface area (Å²) >= 11 is 0. The number of hydrogen-bond donors (Lipinski definition) is 3. The number of aryl methyl sites for hydroxylation is 1. The zero-order valence-electron chi connectivity index (χ0n) is 17.3. The summed E-state index contributed by atoms with van der Waals surface area (Å²) in [6.45, 7) is 13.5. The van der Waals surface area contributed by atoms with E-state index in [2.05, 4.69) is 27.4 Å². The Balaban J connectivity index is 0.00000364. The van der Waals surface area contributed by atoms with Crippen LogP contribution in [0.5, 0.6) is 0 Å². The topological polar surface area (TPSA) is 73.0 Å². The number of hydrogen-bond acceptors (Lipinski definition) is 4. The third-order valence-electron chi connectivity index (χ3n) is 4.98. The fraction of sp³-hybridized carbons (Fsp3) is 0.750. The number of piperidine rings is 1. The van der Waals surface area contributed by atoms with Crippen LogP contribution >= 0.6 is 24.0 Å². The predicted molar refractivity (Wildman–Crippen MR) is 122 cm³/mol. The van der Waals surface area contributed by atoms with Gasteiger partial charge in [0.1, 0.15) is 17.1 Å². The number of likely N-dealkylation sites (tertiary alicyclic amines) is 1. The van der Waals surface area contributed by atoms with Gasteiger partial charge in [-0.3, -0.25) is 0 Å². The van der Waals surface area contributed by atoms with Crippen LogP contribution in [0.15, 0.2) is 21.5 Å². The van der Waals surface area contributed by atoms with Gasteiger partial charge in [-0.1, -0.05) is 6.92 Å². The van der Waals surface area contributed by atoms with Crippen LogP contribution in [-0.4, -0.2) is 55.2 Å². The Morgan fingerprint density at radius 3 is 2.63 bits per heavy atom. The van der Waals surface area contributed by atoms with Crippen molar-refractivity contribution < 1.29 is 9.52 Å². The van der Waals surface area contributed by atoms with Crippen molar-refractivity contribution in [2.75, 3.05) is 39.3 Å². The van der Waals surface area contributed by atoms with E-state index in [1.165, 1.54) is 25.9 Å². The monoisotopic (exact) mass is 492 g/mol. The second-order valence-electron chi connectivity index (χ2n) is 7.68. The van der Waals surface area contributed by atoms with Gasteiger partial charge in [0.05, 0.1) is 6.54 Å². The lowest BCUT2D eigenvalue weighted by Gasteiger charge is -2.30. The molecule has 0 radical (unpaired) electrons. The summed E-state index contributed by atoms with van der Waals surface area (Å²) < 4.78 is 5.55. The average Bonchev–Trinajstić information content (AvgIpc) is 3.05. The average molecular weight is 492 g/mol. The maximum Gasteiger partial charge on any atom is 0.191 e. The van der Waals surface area contributed by atoms with Crippen molar-refractivity contribution in [3.8, 4) is 0 Å². The highest BCUT2D eigenvalue weighted by molar-refractivity contribution is 14.0. The van der Waals surface area contributed by atoms with Gasteiger partial charge in [-0.2, -0.15) is 0 Å². The summed E-state index contributed by atoms with van der Waals surface area (Å²) in [5.41, 5.74) is -1.11. The summed E-state index contributed by atoms with van der Waals surface area (Å²) in [6.07, 6.45) is 3.73. The maximum absolute atomic E-state index is 10.6. The van der Waals surface area contributed by atoms with E-state index >= 15 is 0 Å². The lowest BCUT2D eigenvalue weighted by Crippen LogP contribution is -2.40. The third-order valence-corrected chi connectivity index (χ3v) is 4.98. The van der Waals surface area contributed by atoms with Crippen molar-refractivity contribution in [2.24, 2.45) is 10.9 Å². The number of aliphatic imine (C=N–C) groups is 1. The van der Waals surface area contributed by atoms with Crippen LogP contribution < -0.4 is 10.6 Å². The minimum atomic E-state index is -1.11. The van der Waals surface area contributed by atoms with Crippen molar-refractivity contribution in [1.82, 2.24) is 15.5 Å². The molecule has 156 valence electrons. The first kappa shape index (κ1) is 24.2. The van der Waals surface area contributed by atoms with Crippen molar-refractivity contribution in [2.45, 2.75) is 52.6 Å². The first-order chi connectivity index (χ1) is 12.4. The fourth-order valence-electron chi connectivity index (χ4n) is 3.17. The van der Waals surface area contributed by atoms with Crippen LogP contribution in [0, 0.1) is 12.8 Å². The van der Waals surface area contributed by atoms with Gasteiger partial charge in [0.15, 0.2) is 5.96 Å². The van der Waals surface area contributed by atoms with Crippen LogP contribution in [0.4, 0.5) is 0 Å². The molecule has 6 nitrogen and oxygen atoms in total. The van der Waals surface area contributed by atoms with Gasteiger partial charge in [0.25, 0.3) is 0 Å². The summed E-state index contributed by atoms with van der Waals surface area (Å²) in [5, 5.41) is 17.2. The van der Waals surface area contributed by atoms with Crippen LogP contribution in [0.3, 0.4) is 0 Å². The van der Waals surface area contributed by atoms with E-state index in [0.29, 0.717) is 5.76 Å². The molecule has 1 atom stereocenters. The number of nitrogens with one attached hydrogen (secondary N) is 2. The molecule has 27 heavy (non-hydrogen) atoms. The molecule has 1 aromatic heterocycles. The van der Waals surface area contributed by atoms with E-state index in [0.717, 1.165) is 43.7 Å². The molecule has 1 aromatic rings. The quantitative estimate of drug-likeness (QED) is 0.225. The molecule has 1 unspecified atom stereocenters. The Hall–Kier alpha value is -0.800. The summed E-state index contributed by atoms with van der Waals surface area (Å²) in [7, 11) is 0. The molecule has 0 bridgehead atoms. The molecule has 3 N–H and O–H groups in total. The zero-order valence-corrected chi connectivity index (χ0v) is 19.6. The molecule has 1 fully saturated rings. The molecular weight excluding hydrogens is 455 g/mol. The van der Waals surface area contributed by atoms with E-state index in [1.54, 1.807) is 6.92 Å². The minimum absolute atomic E-state index is 0. The molecule has 1 aliphatic rings. The summed E-state index contributed by atoms with van der Waals surface area (Å²) in [6, 6.07) is 3.67. The molecule has 1 aliphatic heterocycles. The molecule has 1 saturated heterocycles. The van der Waals surface area contributed by atoms with Gasteiger partial charge in [0.2, 0.25) is 0 Å². The highest BCUT2D eigenvalue weighted by Crippen LogP contribution is 2.23. The Bertz CT molecular complexity index is 566. The fourth-order valence-corrected chi connectivity index (χ4v) is 3.17.